The Morgan fingerprint density at radius 2 is 2.29 bits per heavy atom. The molecule has 1 saturated carbocycles. The first-order valence-corrected chi connectivity index (χ1v) is 7.53. The SMILES string of the molecule is CC(=O)CCCc1cccc2c1O[C@H]1C[C@@H](O)[C@H](C=O)[C@@H]21. The summed E-state index contributed by atoms with van der Waals surface area (Å²) in [6.07, 6.45) is 2.85. The van der Waals surface area contributed by atoms with Gasteiger partial charge in [0.05, 0.1) is 12.0 Å². The van der Waals surface area contributed by atoms with E-state index in [-0.39, 0.29) is 23.7 Å². The van der Waals surface area contributed by atoms with Gasteiger partial charge in [-0.2, -0.15) is 0 Å². The van der Waals surface area contributed by atoms with Crippen molar-refractivity contribution in [3.63, 3.8) is 0 Å². The minimum Gasteiger partial charge on any atom is -0.489 e. The van der Waals surface area contributed by atoms with Gasteiger partial charge in [-0.05, 0) is 25.3 Å². The quantitative estimate of drug-likeness (QED) is 0.842. The van der Waals surface area contributed by atoms with Crippen LogP contribution in [0.25, 0.3) is 0 Å². The molecular formula is C17H20O4. The molecule has 3 rings (SSSR count). The average molecular weight is 288 g/mol. The van der Waals surface area contributed by atoms with Crippen LogP contribution in [0.15, 0.2) is 18.2 Å². The van der Waals surface area contributed by atoms with Crippen LogP contribution in [0.4, 0.5) is 0 Å². The number of fused-ring (bicyclic) bond motifs is 3. The zero-order valence-corrected chi connectivity index (χ0v) is 12.1. The maximum atomic E-state index is 11.2. The molecule has 0 saturated heterocycles. The first kappa shape index (κ1) is 14.3. The summed E-state index contributed by atoms with van der Waals surface area (Å²) < 4.78 is 6.02. The molecule has 112 valence electrons. The number of aliphatic hydroxyl groups excluding tert-OH is 1. The van der Waals surface area contributed by atoms with Crippen LogP contribution < -0.4 is 4.74 Å². The van der Waals surface area contributed by atoms with Crippen molar-refractivity contribution < 1.29 is 19.4 Å². The lowest BCUT2D eigenvalue weighted by molar-refractivity contribution is -0.117. The molecule has 0 bridgehead atoms. The third-order valence-electron chi connectivity index (χ3n) is 4.62. The van der Waals surface area contributed by atoms with Crippen molar-refractivity contribution in [2.24, 2.45) is 5.92 Å². The number of aliphatic hydroxyl groups is 1. The fourth-order valence-corrected chi connectivity index (χ4v) is 3.62. The Kier molecular flexibility index (Phi) is 3.81. The van der Waals surface area contributed by atoms with Crippen molar-refractivity contribution in [2.75, 3.05) is 0 Å². The van der Waals surface area contributed by atoms with Gasteiger partial charge in [-0.1, -0.05) is 18.2 Å². The maximum Gasteiger partial charge on any atom is 0.129 e. The molecule has 2 aliphatic rings. The number of carbonyl (C=O) groups is 2. The van der Waals surface area contributed by atoms with Gasteiger partial charge in [0, 0.05) is 24.3 Å². The molecule has 0 spiro atoms. The molecule has 0 amide bonds. The van der Waals surface area contributed by atoms with Gasteiger partial charge in [0.1, 0.15) is 23.9 Å². The highest BCUT2D eigenvalue weighted by Crippen LogP contribution is 2.50. The van der Waals surface area contributed by atoms with E-state index in [4.69, 9.17) is 4.74 Å². The molecule has 1 fully saturated rings. The summed E-state index contributed by atoms with van der Waals surface area (Å²) in [4.78, 5) is 22.3. The molecule has 21 heavy (non-hydrogen) atoms. The van der Waals surface area contributed by atoms with Gasteiger partial charge < -0.3 is 19.4 Å². The second kappa shape index (κ2) is 5.60. The van der Waals surface area contributed by atoms with E-state index in [1.54, 1.807) is 6.92 Å². The van der Waals surface area contributed by atoms with Crippen molar-refractivity contribution in [3.8, 4) is 5.75 Å². The van der Waals surface area contributed by atoms with Crippen molar-refractivity contribution in [3.05, 3.63) is 29.3 Å². The lowest BCUT2D eigenvalue weighted by atomic mass is 9.88. The first-order valence-electron chi connectivity index (χ1n) is 7.53. The summed E-state index contributed by atoms with van der Waals surface area (Å²) in [5, 5.41) is 9.94. The van der Waals surface area contributed by atoms with Crippen LogP contribution in [0, 0.1) is 5.92 Å². The van der Waals surface area contributed by atoms with E-state index in [0.29, 0.717) is 12.8 Å². The number of Topliss-reactive ketones (excluding diaryl/α,β-unsaturated/α-hetero) is 1. The summed E-state index contributed by atoms with van der Waals surface area (Å²) in [6, 6.07) is 5.98. The van der Waals surface area contributed by atoms with E-state index in [1.807, 2.05) is 18.2 Å². The van der Waals surface area contributed by atoms with Gasteiger partial charge >= 0.3 is 0 Å². The molecule has 1 N–H and O–H groups in total. The fraction of sp³-hybridized carbons (Fsp3) is 0.529. The predicted octanol–water partition coefficient (Wildman–Crippen LogP) is 2.02. The van der Waals surface area contributed by atoms with Gasteiger partial charge in [0.25, 0.3) is 0 Å². The topological polar surface area (TPSA) is 63.6 Å². The number of hydrogen-bond donors (Lipinski definition) is 1. The summed E-state index contributed by atoms with van der Waals surface area (Å²) in [5.74, 6) is 0.670. The molecule has 4 heteroatoms. The number of para-hydroxylation sites is 1. The molecule has 1 aromatic rings. The molecule has 0 aromatic heterocycles. The van der Waals surface area contributed by atoms with Crippen LogP contribution in [-0.4, -0.2) is 29.4 Å². The van der Waals surface area contributed by atoms with Gasteiger partial charge in [-0.25, -0.2) is 0 Å². The summed E-state index contributed by atoms with van der Waals surface area (Å²) >= 11 is 0. The highest BCUT2D eigenvalue weighted by Gasteiger charge is 2.49. The second-order valence-electron chi connectivity index (χ2n) is 6.09. The number of aryl methyl sites for hydroxylation is 1. The van der Waals surface area contributed by atoms with Gasteiger partial charge in [-0.15, -0.1) is 0 Å². The Hall–Kier alpha value is -1.68. The zero-order valence-electron chi connectivity index (χ0n) is 12.1. The Bertz CT molecular complexity index is 566. The van der Waals surface area contributed by atoms with Gasteiger partial charge in [-0.3, -0.25) is 0 Å². The number of carbonyl (C=O) groups excluding carboxylic acids is 2. The minimum atomic E-state index is -0.605. The summed E-state index contributed by atoms with van der Waals surface area (Å²) in [7, 11) is 0. The molecule has 0 radical (unpaired) electrons. The number of rotatable bonds is 5. The van der Waals surface area contributed by atoms with Gasteiger partial charge in [0.15, 0.2) is 0 Å². The smallest absolute Gasteiger partial charge is 0.129 e. The molecule has 1 aliphatic heterocycles. The van der Waals surface area contributed by atoms with Crippen LogP contribution in [0.5, 0.6) is 5.75 Å². The summed E-state index contributed by atoms with van der Waals surface area (Å²) in [5.41, 5.74) is 2.14. The van der Waals surface area contributed by atoms with Crippen LogP contribution in [0.1, 0.15) is 43.2 Å². The number of benzene rings is 1. The van der Waals surface area contributed by atoms with Crippen molar-refractivity contribution >= 4 is 12.1 Å². The van der Waals surface area contributed by atoms with E-state index >= 15 is 0 Å². The van der Waals surface area contributed by atoms with Crippen molar-refractivity contribution in [1.82, 2.24) is 0 Å². The number of ketones is 1. The van der Waals surface area contributed by atoms with E-state index in [2.05, 4.69) is 0 Å². The highest BCUT2D eigenvalue weighted by atomic mass is 16.5. The van der Waals surface area contributed by atoms with E-state index in [1.165, 1.54) is 0 Å². The average Bonchev–Trinajstić information content (AvgIpc) is 2.93. The largest absolute Gasteiger partial charge is 0.489 e. The highest BCUT2D eigenvalue weighted by molar-refractivity contribution is 5.75. The predicted molar refractivity (Wildman–Crippen MR) is 77.4 cm³/mol. The molecule has 1 heterocycles. The summed E-state index contributed by atoms with van der Waals surface area (Å²) in [6.45, 7) is 1.60. The van der Waals surface area contributed by atoms with Crippen LogP contribution in [0.3, 0.4) is 0 Å². The fourth-order valence-electron chi connectivity index (χ4n) is 3.62. The first-order chi connectivity index (χ1) is 10.1. The molecule has 4 nitrogen and oxygen atoms in total. The van der Waals surface area contributed by atoms with Gasteiger partial charge in [0.2, 0.25) is 0 Å². The Morgan fingerprint density at radius 1 is 1.48 bits per heavy atom. The van der Waals surface area contributed by atoms with Crippen molar-refractivity contribution in [1.29, 1.82) is 0 Å². The number of aldehydes is 1. The molecule has 1 aliphatic carbocycles. The Morgan fingerprint density at radius 3 is 3.00 bits per heavy atom. The molecular weight excluding hydrogens is 268 g/mol. The lowest BCUT2D eigenvalue weighted by Crippen LogP contribution is -2.19. The van der Waals surface area contributed by atoms with Crippen LogP contribution in [-0.2, 0) is 16.0 Å². The number of ether oxygens (including phenoxy) is 1. The normalized spacial score (nSPS) is 29.6. The van der Waals surface area contributed by atoms with E-state index in [9.17, 15) is 14.7 Å². The Labute approximate surface area is 124 Å². The van der Waals surface area contributed by atoms with Crippen LogP contribution >= 0.6 is 0 Å². The number of hydrogen-bond acceptors (Lipinski definition) is 4. The van der Waals surface area contributed by atoms with E-state index in [0.717, 1.165) is 36.0 Å². The van der Waals surface area contributed by atoms with Crippen molar-refractivity contribution in [2.45, 2.75) is 50.7 Å². The third kappa shape index (κ3) is 2.48. The monoisotopic (exact) mass is 288 g/mol. The maximum absolute atomic E-state index is 11.2. The zero-order chi connectivity index (χ0) is 15.0. The second-order valence-corrected chi connectivity index (χ2v) is 6.09. The lowest BCUT2D eigenvalue weighted by Gasteiger charge is -2.14. The van der Waals surface area contributed by atoms with Crippen LogP contribution in [0.2, 0.25) is 0 Å². The molecule has 0 unspecified atom stereocenters. The van der Waals surface area contributed by atoms with E-state index < -0.39 is 6.10 Å². The third-order valence-corrected chi connectivity index (χ3v) is 4.62. The molecule has 1 aromatic carbocycles. The Balaban J connectivity index is 1.83. The molecule has 4 atom stereocenters. The standard InChI is InChI=1S/C17H20O4/c1-10(19)4-2-5-11-6-3-7-12-16-13(9-18)14(20)8-15(16)21-17(11)12/h3,6-7,9,13-16,20H,2,4-5,8H2,1H3/t13-,14+,15-,16+/m0/s1. The minimum absolute atomic E-state index is 0.0275.